The highest BCUT2D eigenvalue weighted by atomic mass is 79.9. The van der Waals surface area contributed by atoms with E-state index in [-0.39, 0.29) is 12.1 Å². The highest BCUT2D eigenvalue weighted by Gasteiger charge is 2.35. The Hall–Kier alpha value is -3.39. The van der Waals surface area contributed by atoms with E-state index in [2.05, 4.69) is 26.6 Å². The number of rotatable bonds is 5. The third-order valence-electron chi connectivity index (χ3n) is 5.02. The first-order chi connectivity index (χ1) is 15.3. The molecule has 7 nitrogen and oxygen atoms in total. The van der Waals surface area contributed by atoms with Crippen LogP contribution >= 0.6 is 15.9 Å². The molecule has 3 aromatic rings. The second kappa shape index (κ2) is 9.00. The summed E-state index contributed by atoms with van der Waals surface area (Å²) in [6.07, 6.45) is 1.55. The van der Waals surface area contributed by atoms with Crippen LogP contribution in [0.2, 0.25) is 0 Å². The van der Waals surface area contributed by atoms with Crippen molar-refractivity contribution in [1.82, 2.24) is 20.4 Å². The number of urea groups is 1. The van der Waals surface area contributed by atoms with E-state index in [0.717, 1.165) is 15.7 Å². The predicted molar refractivity (Wildman–Crippen MR) is 125 cm³/mol. The largest absolute Gasteiger partial charge is 0.459 e. The van der Waals surface area contributed by atoms with Gasteiger partial charge in [0.25, 0.3) is 0 Å². The molecule has 2 amide bonds. The Balaban J connectivity index is 1.89. The summed E-state index contributed by atoms with van der Waals surface area (Å²) in [5.74, 6) is -0.482. The van der Waals surface area contributed by atoms with Crippen molar-refractivity contribution >= 4 is 27.9 Å². The first-order valence-corrected chi connectivity index (χ1v) is 11.0. The Labute approximate surface area is 194 Å². The predicted octanol–water partition coefficient (Wildman–Crippen LogP) is 4.88. The Bertz CT molecular complexity index is 1180. The summed E-state index contributed by atoms with van der Waals surface area (Å²) in [5, 5.41) is 10.4. The van der Waals surface area contributed by atoms with E-state index in [1.807, 2.05) is 60.8 Å². The second-order valence-corrected chi connectivity index (χ2v) is 8.66. The number of para-hydroxylation sites is 1. The molecule has 2 aromatic carbocycles. The summed E-state index contributed by atoms with van der Waals surface area (Å²) >= 11 is 3.46. The highest BCUT2D eigenvalue weighted by Crippen LogP contribution is 2.35. The van der Waals surface area contributed by atoms with Gasteiger partial charge < -0.3 is 15.4 Å². The minimum Gasteiger partial charge on any atom is -0.459 e. The number of nitrogens with one attached hydrogen (secondary N) is 2. The number of hydrogen-bond donors (Lipinski definition) is 2. The zero-order chi connectivity index (χ0) is 22.8. The molecule has 0 saturated heterocycles. The Kier molecular flexibility index (Phi) is 6.14. The number of benzene rings is 2. The molecule has 0 radical (unpaired) electrons. The van der Waals surface area contributed by atoms with Gasteiger partial charge in [0.2, 0.25) is 0 Å². The first kappa shape index (κ1) is 21.8. The lowest BCUT2D eigenvalue weighted by atomic mass is 9.94. The molecule has 0 bridgehead atoms. The van der Waals surface area contributed by atoms with Gasteiger partial charge in [-0.25, -0.2) is 14.3 Å². The fourth-order valence-electron chi connectivity index (χ4n) is 3.62. The molecule has 164 valence electrons. The van der Waals surface area contributed by atoms with Crippen molar-refractivity contribution < 1.29 is 14.3 Å². The molecule has 2 heterocycles. The van der Waals surface area contributed by atoms with Gasteiger partial charge in [0.15, 0.2) is 0 Å². The van der Waals surface area contributed by atoms with Crippen LogP contribution in [0, 0.1) is 0 Å². The zero-order valence-corrected chi connectivity index (χ0v) is 19.5. The lowest BCUT2D eigenvalue weighted by molar-refractivity contribution is -0.143. The normalized spacial score (nSPS) is 16.0. The van der Waals surface area contributed by atoms with Crippen molar-refractivity contribution in [3.8, 4) is 16.9 Å². The van der Waals surface area contributed by atoms with Crippen LogP contribution in [0.4, 0.5) is 4.79 Å². The van der Waals surface area contributed by atoms with E-state index in [0.29, 0.717) is 22.5 Å². The number of aromatic nitrogens is 2. The number of allylic oxidation sites excluding steroid dienone is 1. The molecule has 0 fully saturated rings. The van der Waals surface area contributed by atoms with E-state index in [9.17, 15) is 9.59 Å². The molecule has 32 heavy (non-hydrogen) atoms. The van der Waals surface area contributed by atoms with E-state index < -0.39 is 12.0 Å². The first-order valence-electron chi connectivity index (χ1n) is 10.2. The Morgan fingerprint density at radius 2 is 1.81 bits per heavy atom. The van der Waals surface area contributed by atoms with E-state index >= 15 is 0 Å². The third kappa shape index (κ3) is 4.45. The molecule has 0 unspecified atom stereocenters. The maximum atomic E-state index is 13.0. The molecule has 0 aliphatic carbocycles. The molecule has 1 aliphatic heterocycles. The Morgan fingerprint density at radius 1 is 1.12 bits per heavy atom. The number of hydrogen-bond acceptors (Lipinski definition) is 4. The van der Waals surface area contributed by atoms with Crippen molar-refractivity contribution in [3.05, 3.63) is 82.1 Å². The van der Waals surface area contributed by atoms with Crippen molar-refractivity contribution in [3.63, 3.8) is 0 Å². The maximum absolute atomic E-state index is 13.0. The van der Waals surface area contributed by atoms with Crippen LogP contribution in [0.1, 0.15) is 32.4 Å². The van der Waals surface area contributed by atoms with E-state index in [1.165, 1.54) is 0 Å². The minimum atomic E-state index is -0.717. The molecular weight excluding hydrogens is 472 g/mol. The van der Waals surface area contributed by atoms with Crippen molar-refractivity contribution in [1.29, 1.82) is 0 Å². The molecular formula is C24H23BrN4O3. The fraction of sp³-hybridized carbons (Fsp3) is 0.208. The number of carbonyl (C=O) groups is 2. The van der Waals surface area contributed by atoms with Crippen molar-refractivity contribution in [2.24, 2.45) is 0 Å². The molecule has 0 spiro atoms. The molecule has 1 aromatic heterocycles. The van der Waals surface area contributed by atoms with Crippen LogP contribution in [0.25, 0.3) is 16.9 Å². The number of halogens is 1. The van der Waals surface area contributed by atoms with Gasteiger partial charge in [-0.05, 0) is 45.0 Å². The minimum absolute atomic E-state index is 0.293. The lowest BCUT2D eigenvalue weighted by Gasteiger charge is -2.28. The molecule has 1 aliphatic rings. The van der Waals surface area contributed by atoms with Gasteiger partial charge in [-0.2, -0.15) is 5.10 Å². The number of amides is 2. The third-order valence-corrected chi connectivity index (χ3v) is 5.55. The quantitative estimate of drug-likeness (QED) is 0.494. The summed E-state index contributed by atoms with van der Waals surface area (Å²) in [7, 11) is 0. The zero-order valence-electron chi connectivity index (χ0n) is 17.9. The van der Waals surface area contributed by atoms with Gasteiger partial charge in [0.05, 0.1) is 29.1 Å². The van der Waals surface area contributed by atoms with Crippen molar-refractivity contribution in [2.45, 2.75) is 32.9 Å². The van der Waals surface area contributed by atoms with E-state index in [4.69, 9.17) is 9.84 Å². The maximum Gasteiger partial charge on any atom is 0.338 e. The second-order valence-electron chi connectivity index (χ2n) is 7.74. The van der Waals surface area contributed by atoms with Gasteiger partial charge in [-0.3, -0.25) is 0 Å². The molecule has 4 rings (SSSR count). The van der Waals surface area contributed by atoms with Crippen LogP contribution in [0.5, 0.6) is 0 Å². The molecule has 2 N–H and O–H groups in total. The van der Waals surface area contributed by atoms with Crippen LogP contribution in [-0.4, -0.2) is 27.9 Å². The number of nitrogens with zero attached hydrogens (tertiary/aromatic N) is 2. The van der Waals surface area contributed by atoms with Gasteiger partial charge >= 0.3 is 12.0 Å². The van der Waals surface area contributed by atoms with E-state index in [1.54, 1.807) is 25.5 Å². The SMILES string of the molecule is CC1=C(C(=O)OC(C)C)[C@@H](c2cn(-c3ccccc3)nc2-c2ccc(Br)cc2)NC(=O)N1. The highest BCUT2D eigenvalue weighted by molar-refractivity contribution is 9.10. The topological polar surface area (TPSA) is 85.2 Å². The van der Waals surface area contributed by atoms with Gasteiger partial charge in [0, 0.05) is 27.5 Å². The average Bonchev–Trinajstić information content (AvgIpc) is 3.19. The van der Waals surface area contributed by atoms with Crippen LogP contribution in [-0.2, 0) is 9.53 Å². The number of carbonyl (C=O) groups excluding carboxylic acids is 2. The van der Waals surface area contributed by atoms with Crippen LogP contribution < -0.4 is 10.6 Å². The van der Waals surface area contributed by atoms with Crippen LogP contribution in [0.3, 0.4) is 0 Å². The average molecular weight is 495 g/mol. The summed E-state index contributed by atoms with van der Waals surface area (Å²) in [4.78, 5) is 25.3. The molecule has 1 atom stereocenters. The number of ether oxygens (including phenoxy) is 1. The Morgan fingerprint density at radius 3 is 2.47 bits per heavy atom. The van der Waals surface area contributed by atoms with Crippen LogP contribution in [0.15, 0.2) is 76.5 Å². The van der Waals surface area contributed by atoms with Gasteiger partial charge in [-0.1, -0.05) is 46.3 Å². The lowest BCUT2D eigenvalue weighted by Crippen LogP contribution is -2.45. The smallest absolute Gasteiger partial charge is 0.338 e. The summed E-state index contributed by atoms with van der Waals surface area (Å²) in [6.45, 7) is 5.28. The fourth-order valence-corrected chi connectivity index (χ4v) is 3.88. The standard InChI is InChI=1S/C24H23BrN4O3/c1-14(2)32-23(30)20-15(3)26-24(31)27-22(20)19-13-29(18-7-5-4-6-8-18)28-21(19)16-9-11-17(25)12-10-16/h4-14,22H,1-3H3,(H2,26,27,31)/t22-/m1/s1. The molecule has 8 heteroatoms. The van der Waals surface area contributed by atoms with Gasteiger partial charge in [0.1, 0.15) is 0 Å². The van der Waals surface area contributed by atoms with Crippen molar-refractivity contribution in [2.75, 3.05) is 0 Å². The number of esters is 1. The summed E-state index contributed by atoms with van der Waals surface area (Å²) in [6, 6.07) is 16.3. The summed E-state index contributed by atoms with van der Waals surface area (Å²) < 4.78 is 8.17. The van der Waals surface area contributed by atoms with Gasteiger partial charge in [-0.15, -0.1) is 0 Å². The molecule has 0 saturated carbocycles. The summed E-state index contributed by atoms with van der Waals surface area (Å²) in [5.41, 5.74) is 3.89. The monoisotopic (exact) mass is 494 g/mol.